The molecule has 6 heteroatoms. The van der Waals surface area contributed by atoms with E-state index in [0.29, 0.717) is 25.3 Å². The van der Waals surface area contributed by atoms with Crippen LogP contribution in [0, 0.1) is 5.41 Å². The number of nitrogens with one attached hydrogen (secondary N) is 2. The Morgan fingerprint density at radius 1 is 1.43 bits per heavy atom. The summed E-state index contributed by atoms with van der Waals surface area (Å²) in [5.74, 6) is -0.0146. The number of hydrogen-bond donors (Lipinski definition) is 3. The molecule has 4 N–H and O–H groups in total. The number of nitrogens with zero attached hydrogens (tertiary/aromatic N) is 1. The Morgan fingerprint density at radius 2 is 2.24 bits per heavy atom. The first-order valence-electron chi connectivity index (χ1n) is 7.32. The number of benzene rings is 1. The van der Waals surface area contributed by atoms with E-state index in [1.54, 1.807) is 4.90 Å². The Balaban J connectivity index is 1.74. The summed E-state index contributed by atoms with van der Waals surface area (Å²) in [4.78, 5) is 25.7. The van der Waals surface area contributed by atoms with Crippen molar-refractivity contribution in [3.05, 3.63) is 24.3 Å². The highest BCUT2D eigenvalue weighted by atomic mass is 16.2. The molecule has 0 spiro atoms. The predicted octanol–water partition coefficient (Wildman–Crippen LogP) is 1.28. The number of nitrogens with two attached hydrogens (primary N) is 1. The second-order valence-corrected chi connectivity index (χ2v) is 5.73. The number of carbonyl (C=O) groups excluding carboxylic acids is 2. The van der Waals surface area contributed by atoms with E-state index in [2.05, 4.69) is 10.6 Å². The first-order valence-corrected chi connectivity index (χ1v) is 7.32. The quantitative estimate of drug-likeness (QED) is 0.780. The van der Waals surface area contributed by atoms with Crippen molar-refractivity contribution in [2.45, 2.75) is 19.3 Å². The molecule has 112 valence electrons. The molecule has 1 aliphatic heterocycles. The zero-order chi connectivity index (χ0) is 14.9. The van der Waals surface area contributed by atoms with E-state index in [0.717, 1.165) is 24.9 Å². The van der Waals surface area contributed by atoms with Gasteiger partial charge >= 0.3 is 6.03 Å². The third-order valence-electron chi connectivity index (χ3n) is 4.46. The van der Waals surface area contributed by atoms with Crippen LogP contribution < -0.4 is 21.3 Å². The van der Waals surface area contributed by atoms with Crippen molar-refractivity contribution in [1.82, 2.24) is 5.32 Å². The molecular weight excluding hydrogens is 268 g/mol. The molecule has 1 saturated heterocycles. The predicted molar refractivity (Wildman–Crippen MR) is 81.2 cm³/mol. The zero-order valence-electron chi connectivity index (χ0n) is 11.9. The van der Waals surface area contributed by atoms with Crippen molar-refractivity contribution in [3.8, 4) is 0 Å². The molecular formula is C15H20N4O2. The summed E-state index contributed by atoms with van der Waals surface area (Å²) in [7, 11) is 0. The fourth-order valence-corrected chi connectivity index (χ4v) is 2.86. The van der Waals surface area contributed by atoms with Gasteiger partial charge in [0.25, 0.3) is 0 Å². The van der Waals surface area contributed by atoms with Gasteiger partial charge in [-0.05, 0) is 31.0 Å². The molecule has 1 heterocycles. The number of rotatable bonds is 4. The van der Waals surface area contributed by atoms with Gasteiger partial charge in [0.2, 0.25) is 5.91 Å². The van der Waals surface area contributed by atoms with E-state index < -0.39 is 5.41 Å². The Hall–Kier alpha value is -2.08. The fourth-order valence-electron chi connectivity index (χ4n) is 2.86. The van der Waals surface area contributed by atoms with Crippen molar-refractivity contribution in [1.29, 1.82) is 0 Å². The van der Waals surface area contributed by atoms with Crippen LogP contribution in [0.25, 0.3) is 0 Å². The Bertz CT molecular complexity index is 563. The minimum absolute atomic E-state index is 0.0146. The lowest BCUT2D eigenvalue weighted by Crippen LogP contribution is -2.47. The van der Waals surface area contributed by atoms with Crippen molar-refractivity contribution >= 4 is 23.3 Å². The molecule has 2 fully saturated rings. The SMILES string of the molecule is NCC1(C(=O)Nc2cccc(N3CCNC3=O)c2)CCC1. The largest absolute Gasteiger partial charge is 0.336 e. The third kappa shape index (κ3) is 2.47. The smallest absolute Gasteiger partial charge is 0.321 e. The minimum Gasteiger partial charge on any atom is -0.336 e. The number of amides is 3. The van der Waals surface area contributed by atoms with Crippen LogP contribution in [0.3, 0.4) is 0 Å². The molecule has 1 aromatic carbocycles. The Morgan fingerprint density at radius 3 is 2.81 bits per heavy atom. The highest BCUT2D eigenvalue weighted by Gasteiger charge is 2.42. The average molecular weight is 288 g/mol. The zero-order valence-corrected chi connectivity index (χ0v) is 11.9. The van der Waals surface area contributed by atoms with E-state index in [1.807, 2.05) is 24.3 Å². The molecule has 0 unspecified atom stereocenters. The summed E-state index contributed by atoms with van der Waals surface area (Å²) < 4.78 is 0. The second kappa shape index (κ2) is 5.37. The van der Waals surface area contributed by atoms with Gasteiger partial charge in [-0.1, -0.05) is 12.5 Å². The van der Waals surface area contributed by atoms with Gasteiger partial charge < -0.3 is 16.4 Å². The number of carbonyl (C=O) groups is 2. The summed E-state index contributed by atoms with van der Waals surface area (Å²) in [6.07, 6.45) is 2.76. The summed E-state index contributed by atoms with van der Waals surface area (Å²) in [5, 5.41) is 5.70. The van der Waals surface area contributed by atoms with E-state index in [-0.39, 0.29) is 11.9 Å². The summed E-state index contributed by atoms with van der Waals surface area (Å²) in [5.41, 5.74) is 6.84. The molecule has 3 rings (SSSR count). The standard InChI is InChI=1S/C15H20N4O2/c16-10-15(5-2-6-15)13(20)18-11-3-1-4-12(9-11)19-8-7-17-14(19)21/h1,3-4,9H,2,5-8,10,16H2,(H,17,21)(H,18,20). The molecule has 21 heavy (non-hydrogen) atoms. The molecule has 6 nitrogen and oxygen atoms in total. The van der Waals surface area contributed by atoms with E-state index in [1.165, 1.54) is 0 Å². The molecule has 0 bridgehead atoms. The molecule has 0 atom stereocenters. The Kier molecular flexibility index (Phi) is 3.55. The third-order valence-corrected chi connectivity index (χ3v) is 4.46. The molecule has 0 aromatic heterocycles. The molecule has 1 saturated carbocycles. The molecule has 1 aliphatic carbocycles. The highest BCUT2D eigenvalue weighted by molar-refractivity contribution is 5.98. The van der Waals surface area contributed by atoms with Gasteiger partial charge in [-0.3, -0.25) is 9.69 Å². The van der Waals surface area contributed by atoms with Gasteiger partial charge in [0.05, 0.1) is 5.41 Å². The normalized spacial score (nSPS) is 19.9. The Labute approximate surface area is 123 Å². The maximum absolute atomic E-state index is 12.4. The minimum atomic E-state index is -0.402. The van der Waals surface area contributed by atoms with Crippen molar-refractivity contribution in [2.75, 3.05) is 29.9 Å². The lowest BCUT2D eigenvalue weighted by atomic mass is 9.68. The lowest BCUT2D eigenvalue weighted by Gasteiger charge is -2.39. The first kappa shape index (κ1) is 13.9. The summed E-state index contributed by atoms with van der Waals surface area (Å²) in [6.45, 7) is 1.67. The first-order chi connectivity index (χ1) is 10.1. The maximum Gasteiger partial charge on any atom is 0.321 e. The lowest BCUT2D eigenvalue weighted by molar-refractivity contribution is -0.129. The summed E-state index contributed by atoms with van der Waals surface area (Å²) >= 11 is 0. The van der Waals surface area contributed by atoms with Crippen molar-refractivity contribution in [2.24, 2.45) is 11.1 Å². The van der Waals surface area contributed by atoms with Gasteiger partial charge in [-0.25, -0.2) is 4.79 Å². The van der Waals surface area contributed by atoms with Gasteiger partial charge in [0.15, 0.2) is 0 Å². The van der Waals surface area contributed by atoms with Crippen LogP contribution in [-0.4, -0.2) is 31.6 Å². The molecule has 2 aliphatic rings. The monoisotopic (exact) mass is 288 g/mol. The molecule has 0 radical (unpaired) electrons. The van der Waals surface area contributed by atoms with E-state index in [9.17, 15) is 9.59 Å². The van der Waals surface area contributed by atoms with Crippen molar-refractivity contribution in [3.63, 3.8) is 0 Å². The van der Waals surface area contributed by atoms with Crippen LogP contribution in [0.2, 0.25) is 0 Å². The van der Waals surface area contributed by atoms with Crippen LogP contribution in [0.4, 0.5) is 16.2 Å². The topological polar surface area (TPSA) is 87.5 Å². The molecule has 3 amide bonds. The van der Waals surface area contributed by atoms with Gasteiger partial charge in [-0.2, -0.15) is 0 Å². The highest BCUT2D eigenvalue weighted by Crippen LogP contribution is 2.40. The maximum atomic E-state index is 12.4. The number of anilines is 2. The van der Waals surface area contributed by atoms with Crippen molar-refractivity contribution < 1.29 is 9.59 Å². The molecule has 1 aromatic rings. The van der Waals surface area contributed by atoms with Gasteiger partial charge in [-0.15, -0.1) is 0 Å². The fraction of sp³-hybridized carbons (Fsp3) is 0.467. The van der Waals surface area contributed by atoms with Gasteiger partial charge in [0.1, 0.15) is 0 Å². The average Bonchev–Trinajstić information content (AvgIpc) is 2.85. The number of urea groups is 1. The van der Waals surface area contributed by atoms with E-state index >= 15 is 0 Å². The van der Waals surface area contributed by atoms with Crippen LogP contribution >= 0.6 is 0 Å². The van der Waals surface area contributed by atoms with Crippen LogP contribution in [0.15, 0.2) is 24.3 Å². The van der Waals surface area contributed by atoms with Crippen LogP contribution in [-0.2, 0) is 4.79 Å². The van der Waals surface area contributed by atoms with Crippen LogP contribution in [0.5, 0.6) is 0 Å². The van der Waals surface area contributed by atoms with Crippen LogP contribution in [0.1, 0.15) is 19.3 Å². The second-order valence-electron chi connectivity index (χ2n) is 5.73. The van der Waals surface area contributed by atoms with E-state index in [4.69, 9.17) is 5.73 Å². The van der Waals surface area contributed by atoms with Gasteiger partial charge in [0, 0.05) is 31.0 Å². The number of hydrogen-bond acceptors (Lipinski definition) is 3. The summed E-state index contributed by atoms with van der Waals surface area (Å²) in [6, 6.07) is 7.26.